The smallest absolute Gasteiger partial charge is 0.318 e. The van der Waals surface area contributed by atoms with Gasteiger partial charge in [-0.25, -0.2) is 8.96 Å². The number of hydrogen-bond donors (Lipinski definition) is 2. The molecule has 0 saturated heterocycles. The summed E-state index contributed by atoms with van der Waals surface area (Å²) in [5, 5.41) is 0.688. The summed E-state index contributed by atoms with van der Waals surface area (Å²) >= 11 is 0. The van der Waals surface area contributed by atoms with Gasteiger partial charge in [0.2, 0.25) is 0 Å². The Labute approximate surface area is 135 Å². The molecule has 0 aliphatic carbocycles. The lowest BCUT2D eigenvalue weighted by atomic mass is 9.86. The second-order valence-electron chi connectivity index (χ2n) is 7.02. The minimum Gasteiger partial charge on any atom is -0.318 e. The molecule has 0 fully saturated rings. The first-order chi connectivity index (χ1) is 10.4. The number of rotatable bonds is 4. The first kappa shape index (κ1) is 18.1. The molecule has 0 amide bonds. The molecule has 2 N–H and O–H groups in total. The van der Waals surface area contributed by atoms with Crippen molar-refractivity contribution in [2.24, 2.45) is 0 Å². The maximum Gasteiger partial charge on any atom is 0.471 e. The van der Waals surface area contributed by atoms with Crippen LogP contribution < -0.4 is 0 Å². The van der Waals surface area contributed by atoms with Gasteiger partial charge in [0.05, 0.1) is 5.52 Å². The number of hydrogen-bond acceptors (Lipinski definition) is 2. The fourth-order valence-electron chi connectivity index (χ4n) is 2.67. The second-order valence-corrected chi connectivity index (χ2v) is 8.26. The summed E-state index contributed by atoms with van der Waals surface area (Å²) in [6.07, 6.45) is 0. The zero-order chi connectivity index (χ0) is 17.6. The largest absolute Gasteiger partial charge is 0.471 e. The van der Waals surface area contributed by atoms with Gasteiger partial charge in [0.25, 0.3) is 0 Å². The van der Waals surface area contributed by atoms with Gasteiger partial charge >= 0.3 is 7.82 Å². The van der Waals surface area contributed by atoms with Crippen LogP contribution in [0.25, 0.3) is 10.9 Å². The standard InChI is InChI=1S/C16H23FNO4P/c1-10(2)13-8-11-6-7-12(16(3,4)5)14(17)15(11)18(13)9-22-23(19,20)21/h6-8,10H,9H2,1-5H3,(H2,19,20,21). The highest BCUT2D eigenvalue weighted by Crippen LogP contribution is 2.39. The molecule has 0 spiro atoms. The van der Waals surface area contributed by atoms with Crippen molar-refractivity contribution in [2.75, 3.05) is 0 Å². The monoisotopic (exact) mass is 343 g/mol. The van der Waals surface area contributed by atoms with Gasteiger partial charge in [0.15, 0.2) is 5.82 Å². The Hall–Kier alpha value is -1.20. The van der Waals surface area contributed by atoms with Crippen LogP contribution in [0.15, 0.2) is 18.2 Å². The summed E-state index contributed by atoms with van der Waals surface area (Å²) in [6.45, 7) is 9.22. The van der Waals surface area contributed by atoms with Crippen molar-refractivity contribution in [1.82, 2.24) is 4.57 Å². The first-order valence-electron chi connectivity index (χ1n) is 7.44. The summed E-state index contributed by atoms with van der Waals surface area (Å²) in [6, 6.07) is 5.42. The lowest BCUT2D eigenvalue weighted by Crippen LogP contribution is -2.15. The van der Waals surface area contributed by atoms with Gasteiger partial charge in [-0.3, -0.25) is 4.52 Å². The summed E-state index contributed by atoms with van der Waals surface area (Å²) in [7, 11) is -4.64. The molecular weight excluding hydrogens is 320 g/mol. The average molecular weight is 343 g/mol. The highest BCUT2D eigenvalue weighted by molar-refractivity contribution is 7.46. The van der Waals surface area contributed by atoms with Crippen LogP contribution >= 0.6 is 7.82 Å². The lowest BCUT2D eigenvalue weighted by Gasteiger charge is -2.21. The predicted octanol–water partition coefficient (Wildman–Crippen LogP) is 4.27. The lowest BCUT2D eigenvalue weighted by molar-refractivity contribution is 0.153. The number of phosphoric acid groups is 1. The number of aromatic nitrogens is 1. The maximum atomic E-state index is 15.1. The molecule has 0 radical (unpaired) electrons. The maximum absolute atomic E-state index is 15.1. The molecule has 0 aliphatic heterocycles. The molecule has 1 heterocycles. The van der Waals surface area contributed by atoms with Gasteiger partial charge in [0.1, 0.15) is 6.73 Å². The Balaban J connectivity index is 2.69. The summed E-state index contributed by atoms with van der Waals surface area (Å²) in [5.74, 6) is -0.323. The van der Waals surface area contributed by atoms with Gasteiger partial charge < -0.3 is 14.4 Å². The van der Waals surface area contributed by atoms with E-state index < -0.39 is 14.6 Å². The van der Waals surface area contributed by atoms with Gasteiger partial charge in [-0.1, -0.05) is 46.8 Å². The number of benzene rings is 1. The molecule has 0 bridgehead atoms. The topological polar surface area (TPSA) is 71.7 Å². The molecule has 7 heteroatoms. The highest BCUT2D eigenvalue weighted by atomic mass is 31.2. The van der Waals surface area contributed by atoms with Crippen molar-refractivity contribution in [3.8, 4) is 0 Å². The summed E-state index contributed by atoms with van der Waals surface area (Å²) in [5.41, 5.74) is 1.25. The third kappa shape index (κ3) is 3.83. The number of phosphoric ester groups is 1. The van der Waals surface area contributed by atoms with Crippen LogP contribution in [0.2, 0.25) is 0 Å². The van der Waals surface area contributed by atoms with Crippen molar-refractivity contribution in [3.05, 3.63) is 35.3 Å². The Kier molecular flexibility index (Phi) is 4.75. The Bertz CT molecular complexity index is 770. The Morgan fingerprint density at radius 3 is 2.39 bits per heavy atom. The molecule has 0 atom stereocenters. The van der Waals surface area contributed by atoms with E-state index in [2.05, 4.69) is 4.52 Å². The minimum absolute atomic E-state index is 0.0558. The van der Waals surface area contributed by atoms with Crippen molar-refractivity contribution in [3.63, 3.8) is 0 Å². The van der Waals surface area contributed by atoms with Crippen LogP contribution in [-0.4, -0.2) is 14.4 Å². The van der Waals surface area contributed by atoms with Crippen molar-refractivity contribution in [2.45, 2.75) is 52.7 Å². The first-order valence-corrected chi connectivity index (χ1v) is 8.97. The summed E-state index contributed by atoms with van der Waals surface area (Å²) < 4.78 is 32.2. The Morgan fingerprint density at radius 1 is 1.30 bits per heavy atom. The van der Waals surface area contributed by atoms with Gasteiger partial charge in [-0.05, 0) is 23.0 Å². The zero-order valence-corrected chi connectivity index (χ0v) is 14.9. The van der Waals surface area contributed by atoms with E-state index in [1.807, 2.05) is 46.8 Å². The normalized spacial score (nSPS) is 13.3. The van der Waals surface area contributed by atoms with Crippen molar-refractivity contribution < 1.29 is 23.3 Å². The van der Waals surface area contributed by atoms with Crippen LogP contribution in [0.4, 0.5) is 4.39 Å². The van der Waals surface area contributed by atoms with E-state index in [9.17, 15) is 4.57 Å². The second kappa shape index (κ2) is 6.02. The fourth-order valence-corrected chi connectivity index (χ4v) is 2.93. The van der Waals surface area contributed by atoms with E-state index in [1.165, 1.54) is 4.57 Å². The van der Waals surface area contributed by atoms with E-state index in [4.69, 9.17) is 9.79 Å². The molecule has 23 heavy (non-hydrogen) atoms. The third-order valence-corrected chi connectivity index (χ3v) is 4.24. The minimum atomic E-state index is -4.64. The van der Waals surface area contributed by atoms with Gasteiger partial charge in [-0.15, -0.1) is 0 Å². The van der Waals surface area contributed by atoms with Crippen LogP contribution in [0, 0.1) is 5.82 Å². The van der Waals surface area contributed by atoms with E-state index in [-0.39, 0.29) is 17.2 Å². The number of fused-ring (bicyclic) bond motifs is 1. The molecule has 2 rings (SSSR count). The molecule has 2 aromatic rings. The number of nitrogens with zero attached hydrogens (tertiary/aromatic N) is 1. The molecule has 1 aromatic carbocycles. The third-order valence-electron chi connectivity index (χ3n) is 3.79. The molecule has 5 nitrogen and oxygen atoms in total. The fraction of sp³-hybridized carbons (Fsp3) is 0.500. The van der Waals surface area contributed by atoms with E-state index in [1.54, 1.807) is 6.07 Å². The molecular formula is C16H23FNO4P. The SMILES string of the molecule is CC(C)c1cc2ccc(C(C)(C)C)c(F)c2n1COP(=O)(O)O. The van der Waals surface area contributed by atoms with E-state index >= 15 is 4.39 Å². The summed E-state index contributed by atoms with van der Waals surface area (Å²) in [4.78, 5) is 17.9. The molecule has 0 saturated carbocycles. The highest BCUT2D eigenvalue weighted by Gasteiger charge is 2.24. The predicted molar refractivity (Wildman–Crippen MR) is 87.8 cm³/mol. The molecule has 128 valence electrons. The Morgan fingerprint density at radius 2 is 1.91 bits per heavy atom. The number of halogens is 1. The molecule has 0 unspecified atom stereocenters. The van der Waals surface area contributed by atoms with Crippen LogP contribution in [0.3, 0.4) is 0 Å². The quantitative estimate of drug-likeness (QED) is 0.813. The van der Waals surface area contributed by atoms with Crippen molar-refractivity contribution >= 4 is 18.7 Å². The van der Waals surface area contributed by atoms with E-state index in [0.717, 1.165) is 5.69 Å². The van der Waals surface area contributed by atoms with Crippen molar-refractivity contribution in [1.29, 1.82) is 0 Å². The van der Waals surface area contributed by atoms with Crippen LogP contribution in [-0.2, 0) is 21.2 Å². The average Bonchev–Trinajstić information content (AvgIpc) is 2.74. The van der Waals surface area contributed by atoms with Gasteiger partial charge in [-0.2, -0.15) is 0 Å². The van der Waals surface area contributed by atoms with Crippen LogP contribution in [0.5, 0.6) is 0 Å². The molecule has 1 aromatic heterocycles. The van der Waals surface area contributed by atoms with Crippen LogP contribution in [0.1, 0.15) is 51.8 Å². The zero-order valence-electron chi connectivity index (χ0n) is 14.0. The van der Waals surface area contributed by atoms with E-state index in [0.29, 0.717) is 16.5 Å². The molecule has 0 aliphatic rings. The van der Waals surface area contributed by atoms with Gasteiger partial charge in [0, 0.05) is 11.1 Å².